The SMILES string of the molecule is N#Cc1c(N)[nH]c(=O)c(C#N)c1-c1c(Cl)cccc1Cl. The number of pyridine rings is 1. The van der Waals surface area contributed by atoms with E-state index in [1.165, 1.54) is 0 Å². The number of rotatable bonds is 1. The quantitative estimate of drug-likeness (QED) is 0.844. The molecule has 0 saturated carbocycles. The second-order valence-corrected chi connectivity index (χ2v) is 4.63. The number of H-pyrrole nitrogens is 1. The maximum absolute atomic E-state index is 11.8. The number of anilines is 1. The third kappa shape index (κ3) is 2.10. The fourth-order valence-corrected chi connectivity index (χ4v) is 2.42. The molecule has 0 bridgehead atoms. The Kier molecular flexibility index (Phi) is 3.67. The molecule has 5 nitrogen and oxygen atoms in total. The van der Waals surface area contributed by atoms with E-state index in [0.717, 1.165) is 0 Å². The third-order valence-corrected chi connectivity index (χ3v) is 3.31. The van der Waals surface area contributed by atoms with E-state index >= 15 is 0 Å². The minimum Gasteiger partial charge on any atom is -0.384 e. The van der Waals surface area contributed by atoms with Gasteiger partial charge in [-0.25, -0.2) is 0 Å². The summed E-state index contributed by atoms with van der Waals surface area (Å²) < 4.78 is 0. The van der Waals surface area contributed by atoms with Gasteiger partial charge in [-0.05, 0) is 12.1 Å². The van der Waals surface area contributed by atoms with Crippen LogP contribution < -0.4 is 11.3 Å². The molecule has 98 valence electrons. The van der Waals surface area contributed by atoms with Crippen LogP contribution in [0, 0.1) is 22.7 Å². The molecule has 0 aliphatic rings. The van der Waals surface area contributed by atoms with Crippen molar-refractivity contribution in [1.29, 1.82) is 10.5 Å². The van der Waals surface area contributed by atoms with Crippen molar-refractivity contribution in [2.45, 2.75) is 0 Å². The van der Waals surface area contributed by atoms with Gasteiger partial charge >= 0.3 is 0 Å². The zero-order valence-corrected chi connectivity index (χ0v) is 11.4. The summed E-state index contributed by atoms with van der Waals surface area (Å²) in [4.78, 5) is 14.1. The summed E-state index contributed by atoms with van der Waals surface area (Å²) in [5, 5.41) is 18.8. The number of nitrogens with two attached hydrogens (primary N) is 1. The predicted molar refractivity (Wildman–Crippen MR) is 76.4 cm³/mol. The summed E-state index contributed by atoms with van der Waals surface area (Å²) in [6.45, 7) is 0. The molecule has 7 heteroatoms. The molecule has 2 rings (SSSR count). The molecule has 0 aliphatic carbocycles. The molecule has 1 aromatic carbocycles. The summed E-state index contributed by atoms with van der Waals surface area (Å²) in [5.74, 6) is -0.137. The number of aromatic nitrogens is 1. The van der Waals surface area contributed by atoms with Crippen LogP contribution in [0.2, 0.25) is 10.0 Å². The standard InChI is InChI=1S/C13H6Cl2N4O/c14-8-2-1-3-9(15)11(8)10-6(4-16)12(18)19-13(20)7(10)5-17/h1-3H,(H3,18,19,20). The lowest BCUT2D eigenvalue weighted by atomic mass is 9.96. The number of nitriles is 2. The summed E-state index contributed by atoms with van der Waals surface area (Å²) in [7, 11) is 0. The Morgan fingerprint density at radius 2 is 1.60 bits per heavy atom. The first-order chi connectivity index (χ1) is 9.51. The van der Waals surface area contributed by atoms with Crippen LogP contribution in [0.5, 0.6) is 0 Å². The third-order valence-electron chi connectivity index (χ3n) is 2.68. The lowest BCUT2D eigenvalue weighted by Gasteiger charge is -2.11. The Labute approximate surface area is 123 Å². The Balaban J connectivity index is 3.05. The van der Waals surface area contributed by atoms with Gasteiger partial charge in [-0.2, -0.15) is 10.5 Å². The fraction of sp³-hybridized carbons (Fsp3) is 0. The molecule has 1 heterocycles. The van der Waals surface area contributed by atoms with Crippen LogP contribution in [0.25, 0.3) is 11.1 Å². The van der Waals surface area contributed by atoms with E-state index in [2.05, 4.69) is 4.98 Å². The molecule has 3 N–H and O–H groups in total. The topological polar surface area (TPSA) is 106 Å². The van der Waals surface area contributed by atoms with Gasteiger partial charge in [-0.15, -0.1) is 0 Å². The molecule has 0 saturated heterocycles. The van der Waals surface area contributed by atoms with Crippen molar-refractivity contribution in [1.82, 2.24) is 4.98 Å². The van der Waals surface area contributed by atoms with Crippen LogP contribution in [-0.4, -0.2) is 4.98 Å². The molecule has 0 radical (unpaired) electrons. The van der Waals surface area contributed by atoms with E-state index < -0.39 is 5.56 Å². The van der Waals surface area contributed by atoms with E-state index in [-0.39, 0.29) is 38.1 Å². The van der Waals surface area contributed by atoms with Gasteiger partial charge in [0.05, 0.1) is 0 Å². The highest BCUT2D eigenvalue weighted by atomic mass is 35.5. The van der Waals surface area contributed by atoms with Crippen molar-refractivity contribution >= 4 is 29.0 Å². The minimum atomic E-state index is -0.699. The van der Waals surface area contributed by atoms with E-state index in [1.54, 1.807) is 24.3 Å². The number of hydrogen-bond acceptors (Lipinski definition) is 4. The van der Waals surface area contributed by atoms with Crippen molar-refractivity contribution in [3.8, 4) is 23.3 Å². The van der Waals surface area contributed by atoms with Gasteiger partial charge in [0.15, 0.2) is 0 Å². The number of nitrogens with one attached hydrogen (secondary N) is 1. The number of nitrogen functional groups attached to an aromatic ring is 1. The van der Waals surface area contributed by atoms with Gasteiger partial charge in [0, 0.05) is 21.2 Å². The van der Waals surface area contributed by atoms with Crippen LogP contribution in [-0.2, 0) is 0 Å². The average molecular weight is 305 g/mol. The molecule has 0 fully saturated rings. The highest BCUT2D eigenvalue weighted by Crippen LogP contribution is 2.38. The molecule has 0 atom stereocenters. The number of halogens is 2. The van der Waals surface area contributed by atoms with E-state index in [0.29, 0.717) is 0 Å². The Morgan fingerprint density at radius 3 is 2.10 bits per heavy atom. The number of nitrogens with zero attached hydrogens (tertiary/aromatic N) is 2. The Hall–Kier alpha value is -2.47. The fourth-order valence-electron chi connectivity index (χ4n) is 1.83. The molecular weight excluding hydrogens is 299 g/mol. The van der Waals surface area contributed by atoms with Crippen molar-refractivity contribution in [2.75, 3.05) is 5.73 Å². The van der Waals surface area contributed by atoms with Gasteiger partial charge < -0.3 is 10.7 Å². The summed E-state index contributed by atoms with van der Waals surface area (Å²) >= 11 is 12.1. The summed E-state index contributed by atoms with van der Waals surface area (Å²) in [6.07, 6.45) is 0. The Morgan fingerprint density at radius 1 is 1.05 bits per heavy atom. The highest BCUT2D eigenvalue weighted by molar-refractivity contribution is 6.39. The monoisotopic (exact) mass is 304 g/mol. The van der Waals surface area contributed by atoms with Crippen molar-refractivity contribution in [3.63, 3.8) is 0 Å². The lowest BCUT2D eigenvalue weighted by molar-refractivity contribution is 1.21. The Bertz CT molecular complexity index is 823. The molecule has 0 spiro atoms. The van der Waals surface area contributed by atoms with Gasteiger partial charge in [0.1, 0.15) is 29.1 Å². The summed E-state index contributed by atoms with van der Waals surface area (Å²) in [6, 6.07) is 8.31. The summed E-state index contributed by atoms with van der Waals surface area (Å²) in [5.41, 5.74) is 4.90. The number of aromatic amines is 1. The normalized spacial score (nSPS) is 9.80. The van der Waals surface area contributed by atoms with Crippen molar-refractivity contribution < 1.29 is 0 Å². The second kappa shape index (κ2) is 5.26. The molecule has 1 aromatic heterocycles. The number of benzene rings is 1. The molecule has 0 unspecified atom stereocenters. The van der Waals surface area contributed by atoms with E-state index in [9.17, 15) is 10.1 Å². The van der Waals surface area contributed by atoms with Crippen molar-refractivity contribution in [3.05, 3.63) is 49.7 Å². The van der Waals surface area contributed by atoms with Crippen LogP contribution >= 0.6 is 23.2 Å². The minimum absolute atomic E-state index is 0.0452. The lowest BCUT2D eigenvalue weighted by Crippen LogP contribution is -2.16. The van der Waals surface area contributed by atoms with Crippen LogP contribution in [0.15, 0.2) is 23.0 Å². The van der Waals surface area contributed by atoms with Crippen LogP contribution in [0.3, 0.4) is 0 Å². The second-order valence-electron chi connectivity index (χ2n) is 3.81. The first-order valence-electron chi connectivity index (χ1n) is 5.31. The maximum atomic E-state index is 11.8. The zero-order valence-electron chi connectivity index (χ0n) is 9.87. The molecular formula is C13H6Cl2N4O. The largest absolute Gasteiger partial charge is 0.384 e. The molecule has 0 amide bonds. The van der Waals surface area contributed by atoms with E-state index in [1.807, 2.05) is 6.07 Å². The molecule has 0 aliphatic heterocycles. The maximum Gasteiger partial charge on any atom is 0.268 e. The zero-order chi connectivity index (χ0) is 14.9. The molecule has 2 aromatic rings. The first-order valence-corrected chi connectivity index (χ1v) is 6.07. The highest BCUT2D eigenvalue weighted by Gasteiger charge is 2.21. The van der Waals surface area contributed by atoms with Gasteiger partial charge in [-0.3, -0.25) is 4.79 Å². The van der Waals surface area contributed by atoms with Crippen LogP contribution in [0.1, 0.15) is 11.1 Å². The van der Waals surface area contributed by atoms with E-state index in [4.69, 9.17) is 34.2 Å². The van der Waals surface area contributed by atoms with Gasteiger partial charge in [-0.1, -0.05) is 29.3 Å². The molecule has 20 heavy (non-hydrogen) atoms. The predicted octanol–water partition coefficient (Wildman–Crippen LogP) is 2.67. The van der Waals surface area contributed by atoms with Gasteiger partial charge in [0.25, 0.3) is 5.56 Å². The van der Waals surface area contributed by atoms with Crippen LogP contribution in [0.4, 0.5) is 5.82 Å². The average Bonchev–Trinajstić information content (AvgIpc) is 2.38. The van der Waals surface area contributed by atoms with Crippen molar-refractivity contribution in [2.24, 2.45) is 0 Å². The number of hydrogen-bond donors (Lipinski definition) is 2. The van der Waals surface area contributed by atoms with Gasteiger partial charge in [0.2, 0.25) is 0 Å². The smallest absolute Gasteiger partial charge is 0.268 e. The first kappa shape index (κ1) is 14.0.